The lowest BCUT2D eigenvalue weighted by Gasteiger charge is -2.26. The first kappa shape index (κ1) is 11.9. The number of aromatic nitrogens is 1. The number of fused-ring (bicyclic) bond motifs is 1. The summed E-state index contributed by atoms with van der Waals surface area (Å²) in [6.45, 7) is 0.793. The Balaban J connectivity index is 1.68. The van der Waals surface area contributed by atoms with Crippen LogP contribution in [0.5, 0.6) is 5.75 Å². The lowest BCUT2D eigenvalue weighted by Crippen LogP contribution is -2.32. The van der Waals surface area contributed by atoms with Crippen LogP contribution in [0.2, 0.25) is 0 Å². The molecule has 0 spiro atoms. The van der Waals surface area contributed by atoms with Crippen molar-refractivity contribution >= 4 is 21.6 Å². The Labute approximate surface area is 120 Å². The summed E-state index contributed by atoms with van der Waals surface area (Å²) in [6.07, 6.45) is 0.879. The van der Waals surface area contributed by atoms with Gasteiger partial charge in [-0.2, -0.15) is 0 Å². The number of benzene rings is 2. The van der Waals surface area contributed by atoms with Crippen molar-refractivity contribution in [1.82, 2.24) is 4.98 Å². The van der Waals surface area contributed by atoms with Gasteiger partial charge in [-0.05, 0) is 12.1 Å². The lowest BCUT2D eigenvalue weighted by molar-refractivity contribution is -0.165. The molecule has 0 saturated carbocycles. The minimum Gasteiger partial charge on any atom is -0.465 e. The highest BCUT2D eigenvalue weighted by molar-refractivity contribution is 7.21. The van der Waals surface area contributed by atoms with Crippen molar-refractivity contribution in [2.24, 2.45) is 0 Å². The fraction of sp³-hybridized carbons (Fsp3) is 0.188. The predicted molar refractivity (Wildman–Crippen MR) is 80.0 cm³/mol. The average Bonchev–Trinajstić information content (AvgIpc) is 2.87. The van der Waals surface area contributed by atoms with Crippen LogP contribution in [0.3, 0.4) is 0 Å². The van der Waals surface area contributed by atoms with E-state index in [0.29, 0.717) is 0 Å². The molecule has 1 saturated heterocycles. The van der Waals surface area contributed by atoms with E-state index in [1.54, 1.807) is 11.3 Å². The molecule has 100 valence electrons. The van der Waals surface area contributed by atoms with Crippen molar-refractivity contribution < 1.29 is 9.47 Å². The molecule has 1 fully saturated rings. The SMILES string of the molecule is c1ccc(-c2nc3cc(OC4CCO4)ccc3s2)cc1. The van der Waals surface area contributed by atoms with E-state index >= 15 is 0 Å². The smallest absolute Gasteiger partial charge is 0.202 e. The summed E-state index contributed by atoms with van der Waals surface area (Å²) >= 11 is 1.70. The molecule has 1 atom stereocenters. The maximum absolute atomic E-state index is 5.72. The van der Waals surface area contributed by atoms with E-state index in [1.165, 1.54) is 4.70 Å². The van der Waals surface area contributed by atoms with Crippen LogP contribution in [-0.4, -0.2) is 17.9 Å². The molecule has 4 heteroatoms. The van der Waals surface area contributed by atoms with E-state index in [4.69, 9.17) is 14.5 Å². The van der Waals surface area contributed by atoms with E-state index in [9.17, 15) is 0 Å². The maximum atomic E-state index is 5.72. The van der Waals surface area contributed by atoms with Crippen LogP contribution in [0, 0.1) is 0 Å². The first-order chi connectivity index (χ1) is 9.88. The van der Waals surface area contributed by atoms with E-state index in [-0.39, 0.29) is 6.29 Å². The van der Waals surface area contributed by atoms with Gasteiger partial charge >= 0.3 is 0 Å². The fourth-order valence-corrected chi connectivity index (χ4v) is 3.10. The van der Waals surface area contributed by atoms with Crippen LogP contribution < -0.4 is 4.74 Å². The molecule has 0 amide bonds. The molecule has 2 heterocycles. The van der Waals surface area contributed by atoms with Crippen LogP contribution in [-0.2, 0) is 4.74 Å². The quantitative estimate of drug-likeness (QED) is 0.725. The number of ether oxygens (including phenoxy) is 2. The van der Waals surface area contributed by atoms with E-state index < -0.39 is 0 Å². The number of thiazole rings is 1. The normalized spacial score (nSPS) is 17.9. The molecule has 1 aromatic heterocycles. The van der Waals surface area contributed by atoms with Crippen LogP contribution in [0.25, 0.3) is 20.8 Å². The summed E-state index contributed by atoms with van der Waals surface area (Å²) in [5, 5.41) is 1.04. The average molecular weight is 283 g/mol. The monoisotopic (exact) mass is 283 g/mol. The van der Waals surface area contributed by atoms with Gasteiger partial charge in [0.25, 0.3) is 0 Å². The molecule has 0 bridgehead atoms. The number of hydrogen-bond acceptors (Lipinski definition) is 4. The van der Waals surface area contributed by atoms with Gasteiger partial charge in [-0.25, -0.2) is 4.98 Å². The largest absolute Gasteiger partial charge is 0.465 e. The Morgan fingerprint density at radius 2 is 2.00 bits per heavy atom. The second-order valence-electron chi connectivity index (χ2n) is 4.72. The summed E-state index contributed by atoms with van der Waals surface area (Å²) in [7, 11) is 0. The zero-order valence-electron chi connectivity index (χ0n) is 10.8. The molecule has 1 unspecified atom stereocenters. The Morgan fingerprint density at radius 3 is 2.75 bits per heavy atom. The van der Waals surface area contributed by atoms with Crippen molar-refractivity contribution in [1.29, 1.82) is 0 Å². The number of rotatable bonds is 3. The second-order valence-corrected chi connectivity index (χ2v) is 5.75. The Bertz CT molecular complexity index is 735. The van der Waals surface area contributed by atoms with Crippen molar-refractivity contribution in [2.75, 3.05) is 6.61 Å². The first-order valence-electron chi connectivity index (χ1n) is 6.63. The van der Waals surface area contributed by atoms with E-state index in [2.05, 4.69) is 18.2 Å². The van der Waals surface area contributed by atoms with Crippen molar-refractivity contribution in [2.45, 2.75) is 12.7 Å². The van der Waals surface area contributed by atoms with Gasteiger partial charge in [-0.3, -0.25) is 0 Å². The molecule has 0 aliphatic carbocycles. The standard InChI is InChI=1S/C16H13NO2S/c1-2-4-11(5-3-1)16-17-13-10-12(6-7-14(13)20-16)19-15-8-9-18-15/h1-7,10,15H,8-9H2. The molecule has 2 aromatic carbocycles. The molecule has 20 heavy (non-hydrogen) atoms. The Morgan fingerprint density at radius 1 is 1.15 bits per heavy atom. The molecule has 4 rings (SSSR count). The molecular formula is C16H13NO2S. The fourth-order valence-electron chi connectivity index (χ4n) is 2.14. The molecule has 3 nitrogen and oxygen atoms in total. The highest BCUT2D eigenvalue weighted by atomic mass is 32.1. The van der Waals surface area contributed by atoms with Crippen molar-refractivity contribution in [3.8, 4) is 16.3 Å². The molecule has 1 aliphatic heterocycles. The Hall–Kier alpha value is -1.91. The van der Waals surface area contributed by atoms with Gasteiger partial charge in [0.1, 0.15) is 10.8 Å². The summed E-state index contributed by atoms with van der Waals surface area (Å²) < 4.78 is 12.2. The maximum Gasteiger partial charge on any atom is 0.202 e. The Kier molecular flexibility index (Phi) is 2.90. The summed E-state index contributed by atoms with van der Waals surface area (Å²) in [6, 6.07) is 16.3. The lowest BCUT2D eigenvalue weighted by atomic mass is 10.2. The van der Waals surface area contributed by atoms with Crippen LogP contribution in [0.4, 0.5) is 0 Å². The van der Waals surface area contributed by atoms with Gasteiger partial charge in [0.2, 0.25) is 6.29 Å². The van der Waals surface area contributed by atoms with Gasteiger partial charge in [-0.15, -0.1) is 11.3 Å². The molecule has 0 N–H and O–H groups in total. The molecule has 3 aromatic rings. The van der Waals surface area contributed by atoms with E-state index in [1.807, 2.05) is 30.3 Å². The topological polar surface area (TPSA) is 31.4 Å². The minimum atomic E-state index is -0.0836. The van der Waals surface area contributed by atoms with Crippen LogP contribution in [0.1, 0.15) is 6.42 Å². The van der Waals surface area contributed by atoms with Gasteiger partial charge in [0.05, 0.1) is 16.8 Å². The van der Waals surface area contributed by atoms with Crippen LogP contribution >= 0.6 is 11.3 Å². The van der Waals surface area contributed by atoms with Crippen molar-refractivity contribution in [3.05, 3.63) is 48.5 Å². The molecule has 1 aliphatic rings. The third-order valence-electron chi connectivity index (χ3n) is 3.30. The van der Waals surface area contributed by atoms with Gasteiger partial charge in [-0.1, -0.05) is 30.3 Å². The number of nitrogens with zero attached hydrogens (tertiary/aromatic N) is 1. The summed E-state index contributed by atoms with van der Waals surface area (Å²) in [5.74, 6) is 0.826. The highest BCUT2D eigenvalue weighted by Gasteiger charge is 2.20. The predicted octanol–water partition coefficient (Wildman–Crippen LogP) is 4.09. The zero-order chi connectivity index (χ0) is 13.4. The summed E-state index contributed by atoms with van der Waals surface area (Å²) in [4.78, 5) is 4.69. The van der Waals surface area contributed by atoms with Crippen molar-refractivity contribution in [3.63, 3.8) is 0 Å². The van der Waals surface area contributed by atoms with Crippen LogP contribution in [0.15, 0.2) is 48.5 Å². The number of hydrogen-bond donors (Lipinski definition) is 0. The first-order valence-corrected chi connectivity index (χ1v) is 7.44. The zero-order valence-corrected chi connectivity index (χ0v) is 11.6. The molecular weight excluding hydrogens is 270 g/mol. The second kappa shape index (κ2) is 4.89. The minimum absolute atomic E-state index is 0.0836. The molecule has 0 radical (unpaired) electrons. The third-order valence-corrected chi connectivity index (χ3v) is 4.39. The van der Waals surface area contributed by atoms with E-state index in [0.717, 1.165) is 34.9 Å². The van der Waals surface area contributed by atoms with Gasteiger partial charge in [0, 0.05) is 18.1 Å². The van der Waals surface area contributed by atoms with Gasteiger partial charge < -0.3 is 9.47 Å². The highest BCUT2D eigenvalue weighted by Crippen LogP contribution is 2.32. The van der Waals surface area contributed by atoms with Gasteiger partial charge in [0.15, 0.2) is 0 Å². The summed E-state index contributed by atoms with van der Waals surface area (Å²) in [5.41, 5.74) is 2.13. The third kappa shape index (κ3) is 2.17.